The summed E-state index contributed by atoms with van der Waals surface area (Å²) in [6.45, 7) is 4.53. The Hall–Kier alpha value is -0.610. The zero-order valence-corrected chi connectivity index (χ0v) is 9.84. The van der Waals surface area contributed by atoms with Gasteiger partial charge in [-0.3, -0.25) is 4.79 Å². The molecule has 92 valence electrons. The molecule has 4 nitrogen and oxygen atoms in total. The van der Waals surface area contributed by atoms with Crippen LogP contribution in [0.25, 0.3) is 0 Å². The maximum Gasteiger partial charge on any atom is 0.223 e. The second kappa shape index (κ2) is 6.21. The van der Waals surface area contributed by atoms with E-state index >= 15 is 0 Å². The largest absolute Gasteiger partial charge is 0.381 e. The summed E-state index contributed by atoms with van der Waals surface area (Å²) in [5, 5.41) is 6.44. The third-order valence-corrected chi connectivity index (χ3v) is 3.62. The van der Waals surface area contributed by atoms with E-state index in [0.29, 0.717) is 5.92 Å². The molecule has 0 radical (unpaired) electrons. The first-order chi connectivity index (χ1) is 7.86. The normalized spacial score (nSPS) is 24.2. The standard InChI is InChI=1S/C12H22N2O2/c15-12(11-3-7-16-8-4-11)14-9-10-1-5-13-6-2-10/h10-11,13H,1-9H2,(H,14,15). The first kappa shape index (κ1) is 11.9. The number of hydrogen-bond acceptors (Lipinski definition) is 3. The second-order valence-electron chi connectivity index (χ2n) is 4.83. The fraction of sp³-hybridized carbons (Fsp3) is 0.917. The predicted molar refractivity (Wildman–Crippen MR) is 62.1 cm³/mol. The molecule has 2 rings (SSSR count). The molecule has 0 aliphatic carbocycles. The number of amides is 1. The Kier molecular flexibility index (Phi) is 4.60. The monoisotopic (exact) mass is 226 g/mol. The molecule has 2 heterocycles. The molecule has 0 aromatic carbocycles. The van der Waals surface area contributed by atoms with E-state index in [2.05, 4.69) is 10.6 Å². The minimum Gasteiger partial charge on any atom is -0.381 e. The fourth-order valence-electron chi connectivity index (χ4n) is 2.43. The van der Waals surface area contributed by atoms with Crippen molar-refractivity contribution in [1.82, 2.24) is 10.6 Å². The van der Waals surface area contributed by atoms with Crippen LogP contribution in [0.5, 0.6) is 0 Å². The molecule has 2 N–H and O–H groups in total. The number of carbonyl (C=O) groups excluding carboxylic acids is 1. The molecular weight excluding hydrogens is 204 g/mol. The molecule has 2 fully saturated rings. The van der Waals surface area contributed by atoms with Gasteiger partial charge in [0.05, 0.1) is 0 Å². The van der Waals surface area contributed by atoms with Gasteiger partial charge in [-0.15, -0.1) is 0 Å². The Morgan fingerprint density at radius 2 is 1.88 bits per heavy atom. The molecule has 0 unspecified atom stereocenters. The van der Waals surface area contributed by atoms with Crippen molar-refractivity contribution >= 4 is 5.91 Å². The molecule has 2 saturated heterocycles. The summed E-state index contributed by atoms with van der Waals surface area (Å²) >= 11 is 0. The van der Waals surface area contributed by atoms with Crippen molar-refractivity contribution in [1.29, 1.82) is 0 Å². The summed E-state index contributed by atoms with van der Waals surface area (Å²) in [4.78, 5) is 11.9. The number of rotatable bonds is 3. The quantitative estimate of drug-likeness (QED) is 0.738. The number of hydrogen-bond donors (Lipinski definition) is 2. The van der Waals surface area contributed by atoms with Gasteiger partial charge in [0, 0.05) is 25.7 Å². The van der Waals surface area contributed by atoms with Crippen LogP contribution >= 0.6 is 0 Å². The molecule has 0 aromatic rings. The summed E-state index contributed by atoms with van der Waals surface area (Å²) in [7, 11) is 0. The highest BCUT2D eigenvalue weighted by molar-refractivity contribution is 5.78. The lowest BCUT2D eigenvalue weighted by molar-refractivity contribution is -0.128. The lowest BCUT2D eigenvalue weighted by Gasteiger charge is -2.25. The number of carbonyl (C=O) groups is 1. The van der Waals surface area contributed by atoms with E-state index in [9.17, 15) is 4.79 Å². The highest BCUT2D eigenvalue weighted by Gasteiger charge is 2.22. The van der Waals surface area contributed by atoms with E-state index in [-0.39, 0.29) is 11.8 Å². The molecule has 0 saturated carbocycles. The van der Waals surface area contributed by atoms with Crippen LogP contribution in [0.1, 0.15) is 25.7 Å². The van der Waals surface area contributed by atoms with Gasteiger partial charge in [-0.1, -0.05) is 0 Å². The predicted octanol–water partition coefficient (Wildman–Crippen LogP) is 0.529. The van der Waals surface area contributed by atoms with Crippen LogP contribution in [0.3, 0.4) is 0 Å². The van der Waals surface area contributed by atoms with E-state index in [1.54, 1.807) is 0 Å². The van der Waals surface area contributed by atoms with Crippen molar-refractivity contribution in [3.63, 3.8) is 0 Å². The summed E-state index contributed by atoms with van der Waals surface area (Å²) < 4.78 is 5.26. The van der Waals surface area contributed by atoms with Crippen LogP contribution in [0.2, 0.25) is 0 Å². The topological polar surface area (TPSA) is 50.4 Å². The smallest absolute Gasteiger partial charge is 0.223 e. The van der Waals surface area contributed by atoms with Crippen LogP contribution < -0.4 is 10.6 Å². The first-order valence-corrected chi connectivity index (χ1v) is 6.42. The van der Waals surface area contributed by atoms with Crippen molar-refractivity contribution in [2.24, 2.45) is 11.8 Å². The molecule has 4 heteroatoms. The lowest BCUT2D eigenvalue weighted by Crippen LogP contribution is -2.39. The third-order valence-electron chi connectivity index (χ3n) is 3.62. The fourth-order valence-corrected chi connectivity index (χ4v) is 2.43. The molecule has 0 atom stereocenters. The van der Waals surface area contributed by atoms with Crippen LogP contribution in [0, 0.1) is 11.8 Å². The molecule has 0 spiro atoms. The minimum atomic E-state index is 0.190. The molecule has 0 aromatic heterocycles. The SMILES string of the molecule is O=C(NCC1CCNCC1)C1CCOCC1. The minimum absolute atomic E-state index is 0.190. The van der Waals surface area contributed by atoms with Gasteiger partial charge in [-0.2, -0.15) is 0 Å². The second-order valence-corrected chi connectivity index (χ2v) is 4.83. The Balaban J connectivity index is 1.65. The van der Waals surface area contributed by atoms with Gasteiger partial charge < -0.3 is 15.4 Å². The average molecular weight is 226 g/mol. The van der Waals surface area contributed by atoms with Gasteiger partial charge in [-0.05, 0) is 44.7 Å². The summed E-state index contributed by atoms with van der Waals surface area (Å²) in [5.74, 6) is 1.10. The van der Waals surface area contributed by atoms with E-state index < -0.39 is 0 Å². The van der Waals surface area contributed by atoms with Crippen molar-refractivity contribution in [2.45, 2.75) is 25.7 Å². The van der Waals surface area contributed by atoms with Gasteiger partial charge in [0.2, 0.25) is 5.91 Å². The first-order valence-electron chi connectivity index (χ1n) is 6.42. The molecule has 1 amide bonds. The van der Waals surface area contributed by atoms with Crippen molar-refractivity contribution in [2.75, 3.05) is 32.8 Å². The zero-order chi connectivity index (χ0) is 11.2. The molecule has 2 aliphatic rings. The number of piperidine rings is 1. The van der Waals surface area contributed by atoms with E-state index in [1.807, 2.05) is 0 Å². The highest BCUT2D eigenvalue weighted by atomic mass is 16.5. The van der Waals surface area contributed by atoms with Crippen molar-refractivity contribution < 1.29 is 9.53 Å². The van der Waals surface area contributed by atoms with Crippen LogP contribution in [-0.4, -0.2) is 38.8 Å². The Morgan fingerprint density at radius 1 is 1.19 bits per heavy atom. The zero-order valence-electron chi connectivity index (χ0n) is 9.84. The summed E-state index contributed by atoms with van der Waals surface area (Å²) in [6.07, 6.45) is 4.15. The maximum absolute atomic E-state index is 11.9. The molecular formula is C12H22N2O2. The van der Waals surface area contributed by atoms with E-state index in [4.69, 9.17) is 4.74 Å². The van der Waals surface area contributed by atoms with Crippen molar-refractivity contribution in [3.8, 4) is 0 Å². The van der Waals surface area contributed by atoms with Gasteiger partial charge in [0.15, 0.2) is 0 Å². The van der Waals surface area contributed by atoms with Gasteiger partial charge in [0.25, 0.3) is 0 Å². The summed E-state index contributed by atoms with van der Waals surface area (Å²) in [5.41, 5.74) is 0. The third kappa shape index (κ3) is 3.46. The van der Waals surface area contributed by atoms with E-state index in [1.165, 1.54) is 12.8 Å². The van der Waals surface area contributed by atoms with Gasteiger partial charge >= 0.3 is 0 Å². The Bertz CT molecular complexity index is 221. The van der Waals surface area contributed by atoms with E-state index in [0.717, 1.165) is 45.7 Å². The molecule has 2 aliphatic heterocycles. The number of ether oxygens (including phenoxy) is 1. The van der Waals surface area contributed by atoms with Crippen LogP contribution in [0.15, 0.2) is 0 Å². The number of nitrogens with one attached hydrogen (secondary N) is 2. The molecule has 0 bridgehead atoms. The highest BCUT2D eigenvalue weighted by Crippen LogP contribution is 2.15. The van der Waals surface area contributed by atoms with Gasteiger partial charge in [0.1, 0.15) is 0 Å². The Labute approximate surface area is 97.1 Å². The summed E-state index contributed by atoms with van der Waals surface area (Å²) in [6, 6.07) is 0. The molecule has 16 heavy (non-hydrogen) atoms. The van der Waals surface area contributed by atoms with Crippen LogP contribution in [-0.2, 0) is 9.53 Å². The van der Waals surface area contributed by atoms with Gasteiger partial charge in [-0.25, -0.2) is 0 Å². The maximum atomic E-state index is 11.9. The van der Waals surface area contributed by atoms with Crippen LogP contribution in [0.4, 0.5) is 0 Å². The lowest BCUT2D eigenvalue weighted by atomic mass is 9.96. The Morgan fingerprint density at radius 3 is 2.56 bits per heavy atom. The average Bonchev–Trinajstić information content (AvgIpc) is 2.38. The van der Waals surface area contributed by atoms with Crippen molar-refractivity contribution in [3.05, 3.63) is 0 Å².